The van der Waals surface area contributed by atoms with E-state index in [0.717, 1.165) is 30.5 Å². The maximum atomic E-state index is 5.92. The Kier molecular flexibility index (Phi) is 3.06. The molecular formula is C12H18ClN3. The second-order valence-corrected chi connectivity index (χ2v) is 5.50. The number of halogens is 1. The van der Waals surface area contributed by atoms with Crippen molar-refractivity contribution in [2.45, 2.75) is 33.6 Å². The summed E-state index contributed by atoms with van der Waals surface area (Å²) in [5.41, 5.74) is 0.497. The van der Waals surface area contributed by atoms with Crippen LogP contribution in [0.5, 0.6) is 0 Å². The number of aryl methyl sites for hydroxylation is 1. The Balaban J connectivity index is 1.96. The van der Waals surface area contributed by atoms with Gasteiger partial charge in [0, 0.05) is 19.0 Å². The van der Waals surface area contributed by atoms with Crippen molar-refractivity contribution in [2.24, 2.45) is 11.3 Å². The van der Waals surface area contributed by atoms with Crippen molar-refractivity contribution in [1.82, 2.24) is 9.97 Å². The maximum Gasteiger partial charge on any atom is 0.134 e. The molecule has 4 heteroatoms. The first-order chi connectivity index (χ1) is 7.51. The third kappa shape index (κ3) is 2.64. The van der Waals surface area contributed by atoms with Crippen LogP contribution in [0.2, 0.25) is 5.15 Å². The fourth-order valence-corrected chi connectivity index (χ4v) is 2.07. The van der Waals surface area contributed by atoms with Crippen LogP contribution >= 0.6 is 11.6 Å². The van der Waals surface area contributed by atoms with Crippen LogP contribution in [0.3, 0.4) is 0 Å². The minimum Gasteiger partial charge on any atom is -0.370 e. The van der Waals surface area contributed by atoms with E-state index in [4.69, 9.17) is 11.6 Å². The lowest BCUT2D eigenvalue weighted by atomic mass is 10.1. The topological polar surface area (TPSA) is 37.8 Å². The van der Waals surface area contributed by atoms with Gasteiger partial charge in [0.1, 0.15) is 16.8 Å². The number of anilines is 1. The number of hydrogen-bond acceptors (Lipinski definition) is 3. The SMILES string of the molecule is CCc1nc(Cl)cc(NCC2CC2(C)C)n1. The van der Waals surface area contributed by atoms with Gasteiger partial charge in [-0.3, -0.25) is 0 Å². The zero-order valence-corrected chi connectivity index (χ0v) is 10.8. The van der Waals surface area contributed by atoms with Gasteiger partial charge in [0.15, 0.2) is 0 Å². The quantitative estimate of drug-likeness (QED) is 0.821. The minimum absolute atomic E-state index is 0.497. The third-order valence-corrected chi connectivity index (χ3v) is 3.50. The normalized spacial score (nSPS) is 21.9. The van der Waals surface area contributed by atoms with Crippen LogP contribution in [-0.2, 0) is 6.42 Å². The molecule has 16 heavy (non-hydrogen) atoms. The monoisotopic (exact) mass is 239 g/mol. The molecule has 1 aromatic rings. The van der Waals surface area contributed by atoms with Gasteiger partial charge >= 0.3 is 0 Å². The summed E-state index contributed by atoms with van der Waals surface area (Å²) in [4.78, 5) is 8.53. The van der Waals surface area contributed by atoms with Gasteiger partial charge in [-0.1, -0.05) is 32.4 Å². The van der Waals surface area contributed by atoms with Gasteiger partial charge in [-0.05, 0) is 17.8 Å². The molecule has 0 amide bonds. The number of nitrogens with one attached hydrogen (secondary N) is 1. The highest BCUT2D eigenvalue weighted by atomic mass is 35.5. The van der Waals surface area contributed by atoms with Crippen LogP contribution in [0.15, 0.2) is 6.07 Å². The van der Waals surface area contributed by atoms with E-state index >= 15 is 0 Å². The standard InChI is InChI=1S/C12H18ClN3/c1-4-10-15-9(13)5-11(16-10)14-7-8-6-12(8,2)3/h5,8H,4,6-7H2,1-3H3,(H,14,15,16). The maximum absolute atomic E-state index is 5.92. The summed E-state index contributed by atoms with van der Waals surface area (Å²) in [6.45, 7) is 7.59. The van der Waals surface area contributed by atoms with Crippen LogP contribution in [-0.4, -0.2) is 16.5 Å². The lowest BCUT2D eigenvalue weighted by molar-refractivity contribution is 0.572. The zero-order valence-electron chi connectivity index (χ0n) is 10.0. The first kappa shape index (κ1) is 11.6. The van der Waals surface area contributed by atoms with Crippen LogP contribution in [0.1, 0.15) is 33.0 Å². The molecule has 1 saturated carbocycles. The molecule has 1 aliphatic carbocycles. The van der Waals surface area contributed by atoms with Gasteiger partial charge in [0.05, 0.1) is 0 Å². The highest BCUT2D eigenvalue weighted by molar-refractivity contribution is 6.29. The summed E-state index contributed by atoms with van der Waals surface area (Å²) < 4.78 is 0. The molecule has 1 fully saturated rings. The molecule has 0 saturated heterocycles. The van der Waals surface area contributed by atoms with Crippen molar-refractivity contribution >= 4 is 17.4 Å². The second-order valence-electron chi connectivity index (χ2n) is 5.12. The Morgan fingerprint density at radius 2 is 2.19 bits per heavy atom. The molecule has 1 aliphatic rings. The average Bonchev–Trinajstić information content (AvgIpc) is 2.83. The van der Waals surface area contributed by atoms with Gasteiger partial charge in [-0.25, -0.2) is 9.97 Å². The molecular weight excluding hydrogens is 222 g/mol. The van der Waals surface area contributed by atoms with Crippen LogP contribution in [0, 0.1) is 11.3 Å². The predicted octanol–water partition coefficient (Wildman–Crippen LogP) is 3.15. The molecule has 1 heterocycles. The average molecular weight is 240 g/mol. The van der Waals surface area contributed by atoms with E-state index in [0.29, 0.717) is 10.6 Å². The zero-order chi connectivity index (χ0) is 11.8. The molecule has 0 aliphatic heterocycles. The van der Waals surface area contributed by atoms with Crippen LogP contribution in [0.25, 0.3) is 0 Å². The van der Waals surface area contributed by atoms with Gasteiger partial charge in [-0.15, -0.1) is 0 Å². The molecule has 1 atom stereocenters. The summed E-state index contributed by atoms with van der Waals surface area (Å²) in [6.07, 6.45) is 2.10. The number of aromatic nitrogens is 2. The largest absolute Gasteiger partial charge is 0.370 e. The first-order valence-electron chi connectivity index (χ1n) is 5.78. The molecule has 1 aromatic heterocycles. The molecule has 0 radical (unpaired) electrons. The van der Waals surface area contributed by atoms with Gasteiger partial charge < -0.3 is 5.32 Å². The Morgan fingerprint density at radius 3 is 2.75 bits per heavy atom. The molecule has 1 unspecified atom stereocenters. The van der Waals surface area contributed by atoms with E-state index < -0.39 is 0 Å². The highest BCUT2D eigenvalue weighted by Crippen LogP contribution is 2.51. The summed E-state index contributed by atoms with van der Waals surface area (Å²) >= 11 is 5.92. The molecule has 3 nitrogen and oxygen atoms in total. The number of rotatable bonds is 4. The Bertz CT molecular complexity index is 390. The third-order valence-electron chi connectivity index (χ3n) is 3.30. The first-order valence-corrected chi connectivity index (χ1v) is 6.16. The summed E-state index contributed by atoms with van der Waals surface area (Å²) in [5, 5.41) is 3.86. The van der Waals surface area contributed by atoms with Crippen molar-refractivity contribution in [3.05, 3.63) is 17.0 Å². The van der Waals surface area contributed by atoms with Crippen molar-refractivity contribution in [3.8, 4) is 0 Å². The van der Waals surface area contributed by atoms with Crippen molar-refractivity contribution in [1.29, 1.82) is 0 Å². The molecule has 1 N–H and O–H groups in total. The number of nitrogens with zero attached hydrogens (tertiary/aromatic N) is 2. The summed E-state index contributed by atoms with van der Waals surface area (Å²) in [7, 11) is 0. The van der Waals surface area contributed by atoms with Crippen LogP contribution in [0.4, 0.5) is 5.82 Å². The van der Waals surface area contributed by atoms with E-state index in [-0.39, 0.29) is 0 Å². The van der Waals surface area contributed by atoms with Crippen LogP contribution < -0.4 is 5.32 Å². The highest BCUT2D eigenvalue weighted by Gasteiger charge is 2.44. The van der Waals surface area contributed by atoms with E-state index in [1.165, 1.54) is 6.42 Å². The van der Waals surface area contributed by atoms with E-state index in [1.54, 1.807) is 6.07 Å². The van der Waals surface area contributed by atoms with Gasteiger partial charge in [-0.2, -0.15) is 0 Å². The molecule has 2 rings (SSSR count). The second kappa shape index (κ2) is 4.21. The molecule has 0 bridgehead atoms. The summed E-state index contributed by atoms with van der Waals surface area (Å²) in [5.74, 6) is 2.40. The van der Waals surface area contributed by atoms with E-state index in [2.05, 4.69) is 29.1 Å². The molecule has 0 spiro atoms. The lowest BCUT2D eigenvalue weighted by Crippen LogP contribution is -2.09. The Morgan fingerprint density at radius 1 is 1.50 bits per heavy atom. The minimum atomic E-state index is 0.497. The fourth-order valence-electron chi connectivity index (χ4n) is 1.87. The van der Waals surface area contributed by atoms with Crippen molar-refractivity contribution < 1.29 is 0 Å². The van der Waals surface area contributed by atoms with Crippen molar-refractivity contribution in [2.75, 3.05) is 11.9 Å². The molecule has 88 valence electrons. The van der Waals surface area contributed by atoms with E-state index in [9.17, 15) is 0 Å². The van der Waals surface area contributed by atoms with Crippen molar-refractivity contribution in [3.63, 3.8) is 0 Å². The van der Waals surface area contributed by atoms with E-state index in [1.807, 2.05) is 6.92 Å². The fraction of sp³-hybridized carbons (Fsp3) is 0.667. The smallest absolute Gasteiger partial charge is 0.134 e. The Hall–Kier alpha value is -0.830. The lowest BCUT2D eigenvalue weighted by Gasteiger charge is -2.08. The summed E-state index contributed by atoms with van der Waals surface area (Å²) in [6, 6.07) is 1.79. The van der Waals surface area contributed by atoms with Gasteiger partial charge in [0.25, 0.3) is 0 Å². The Labute approximate surface area is 102 Å². The predicted molar refractivity (Wildman–Crippen MR) is 66.8 cm³/mol. The van der Waals surface area contributed by atoms with Gasteiger partial charge in [0.2, 0.25) is 0 Å². The number of hydrogen-bond donors (Lipinski definition) is 1. The molecule has 0 aromatic carbocycles.